The number of carbonyl (C=O) groups is 1. The summed E-state index contributed by atoms with van der Waals surface area (Å²) in [5, 5.41) is 0. The second kappa shape index (κ2) is 9.48. The molecule has 1 heterocycles. The van der Waals surface area contributed by atoms with Gasteiger partial charge in [0, 0.05) is 38.8 Å². The van der Waals surface area contributed by atoms with Crippen molar-refractivity contribution in [2.24, 2.45) is 5.92 Å². The van der Waals surface area contributed by atoms with Crippen LogP contribution in [0.15, 0.2) is 18.2 Å². The first-order valence-corrected chi connectivity index (χ1v) is 8.97. The van der Waals surface area contributed by atoms with Gasteiger partial charge in [-0.15, -0.1) is 0 Å². The summed E-state index contributed by atoms with van der Waals surface area (Å²) >= 11 is 0. The van der Waals surface area contributed by atoms with Crippen LogP contribution in [-0.4, -0.2) is 69.8 Å². The van der Waals surface area contributed by atoms with Crippen LogP contribution in [0.3, 0.4) is 0 Å². The number of hydrogen-bond acceptors (Lipinski definition) is 5. The maximum absolute atomic E-state index is 12.5. The predicted molar refractivity (Wildman–Crippen MR) is 103 cm³/mol. The smallest absolute Gasteiger partial charge is 0.246 e. The van der Waals surface area contributed by atoms with Gasteiger partial charge in [0.25, 0.3) is 0 Å². The summed E-state index contributed by atoms with van der Waals surface area (Å²) in [5.74, 6) is 2.36. The monoisotopic (exact) mass is 362 g/mol. The Morgan fingerprint density at radius 3 is 2.08 bits per heavy atom. The average Bonchev–Trinajstić information content (AvgIpc) is 2.65. The topological polar surface area (TPSA) is 51.2 Å². The average molecular weight is 362 g/mol. The first-order valence-electron chi connectivity index (χ1n) is 8.97. The molecule has 1 aliphatic heterocycles. The summed E-state index contributed by atoms with van der Waals surface area (Å²) < 4.78 is 16.0. The molecule has 1 saturated heterocycles. The third-order valence-electron chi connectivity index (χ3n) is 4.41. The van der Waals surface area contributed by atoms with E-state index >= 15 is 0 Å². The number of nitrogens with zero attached hydrogens (tertiary/aromatic N) is 2. The van der Waals surface area contributed by atoms with Crippen LogP contribution < -0.4 is 14.2 Å². The maximum Gasteiger partial charge on any atom is 0.246 e. The van der Waals surface area contributed by atoms with Gasteiger partial charge in [0.05, 0.1) is 21.3 Å². The minimum Gasteiger partial charge on any atom is -0.493 e. The van der Waals surface area contributed by atoms with Crippen molar-refractivity contribution in [2.75, 3.05) is 54.1 Å². The molecular formula is C20H30N2O4. The van der Waals surface area contributed by atoms with Crippen molar-refractivity contribution < 1.29 is 19.0 Å². The van der Waals surface area contributed by atoms with Gasteiger partial charge in [0.2, 0.25) is 11.7 Å². The zero-order valence-electron chi connectivity index (χ0n) is 16.4. The summed E-state index contributed by atoms with van der Waals surface area (Å²) in [6, 6.07) is 3.65. The van der Waals surface area contributed by atoms with Crippen molar-refractivity contribution >= 4 is 12.0 Å². The van der Waals surface area contributed by atoms with Gasteiger partial charge in [-0.2, -0.15) is 0 Å². The fraction of sp³-hybridized carbons (Fsp3) is 0.550. The van der Waals surface area contributed by atoms with Crippen LogP contribution in [0.5, 0.6) is 17.2 Å². The molecule has 6 heteroatoms. The highest BCUT2D eigenvalue weighted by Crippen LogP contribution is 2.38. The maximum atomic E-state index is 12.5. The van der Waals surface area contributed by atoms with E-state index in [1.165, 1.54) is 0 Å². The molecule has 1 aliphatic rings. The Morgan fingerprint density at radius 2 is 1.62 bits per heavy atom. The predicted octanol–water partition coefficient (Wildman–Crippen LogP) is 2.53. The molecule has 1 aromatic carbocycles. The van der Waals surface area contributed by atoms with Crippen LogP contribution in [0.2, 0.25) is 0 Å². The third kappa shape index (κ3) is 5.14. The van der Waals surface area contributed by atoms with E-state index in [0.717, 1.165) is 38.3 Å². The fourth-order valence-electron chi connectivity index (χ4n) is 3.14. The van der Waals surface area contributed by atoms with Crippen LogP contribution >= 0.6 is 0 Å². The number of ether oxygens (including phenoxy) is 3. The summed E-state index contributed by atoms with van der Waals surface area (Å²) in [6.07, 6.45) is 3.39. The highest BCUT2D eigenvalue weighted by atomic mass is 16.5. The Bertz CT molecular complexity index is 610. The number of piperazine rings is 1. The molecule has 0 N–H and O–H groups in total. The van der Waals surface area contributed by atoms with E-state index in [2.05, 4.69) is 18.7 Å². The van der Waals surface area contributed by atoms with Crippen LogP contribution in [0, 0.1) is 5.92 Å². The molecule has 0 saturated carbocycles. The molecule has 2 rings (SSSR count). The largest absolute Gasteiger partial charge is 0.493 e. The molecule has 144 valence electrons. The van der Waals surface area contributed by atoms with Gasteiger partial charge in [0.15, 0.2) is 11.5 Å². The van der Waals surface area contributed by atoms with Gasteiger partial charge in [0.1, 0.15) is 0 Å². The Labute approximate surface area is 156 Å². The summed E-state index contributed by atoms with van der Waals surface area (Å²) in [5.41, 5.74) is 0.825. The molecule has 0 atom stereocenters. The minimum atomic E-state index is 0.0305. The van der Waals surface area contributed by atoms with Crippen molar-refractivity contribution in [3.63, 3.8) is 0 Å². The van der Waals surface area contributed by atoms with Crippen LogP contribution in [0.25, 0.3) is 6.08 Å². The number of amides is 1. The van der Waals surface area contributed by atoms with Gasteiger partial charge in [-0.1, -0.05) is 13.8 Å². The van der Waals surface area contributed by atoms with Crippen molar-refractivity contribution in [1.29, 1.82) is 0 Å². The molecule has 0 aromatic heterocycles. The number of benzene rings is 1. The van der Waals surface area contributed by atoms with Crippen LogP contribution in [-0.2, 0) is 4.79 Å². The van der Waals surface area contributed by atoms with E-state index in [0.29, 0.717) is 23.2 Å². The van der Waals surface area contributed by atoms with E-state index in [1.54, 1.807) is 33.5 Å². The zero-order valence-corrected chi connectivity index (χ0v) is 16.4. The van der Waals surface area contributed by atoms with Crippen molar-refractivity contribution in [2.45, 2.75) is 13.8 Å². The summed E-state index contributed by atoms with van der Waals surface area (Å²) in [6.45, 7) is 8.93. The normalized spacial score (nSPS) is 15.5. The number of methoxy groups -OCH3 is 3. The highest BCUT2D eigenvalue weighted by molar-refractivity contribution is 5.92. The van der Waals surface area contributed by atoms with Crippen LogP contribution in [0.1, 0.15) is 19.4 Å². The highest BCUT2D eigenvalue weighted by Gasteiger charge is 2.20. The molecule has 0 spiro atoms. The van der Waals surface area contributed by atoms with E-state index in [4.69, 9.17) is 14.2 Å². The summed E-state index contributed by atoms with van der Waals surface area (Å²) in [4.78, 5) is 16.8. The standard InChI is InChI=1S/C20H30N2O4/c1-15(2)14-21-8-10-22(11-9-21)19(23)7-6-16-12-17(24-3)20(26-5)18(13-16)25-4/h6-7,12-13,15H,8-11,14H2,1-5H3. The second-order valence-corrected chi connectivity index (χ2v) is 6.81. The minimum absolute atomic E-state index is 0.0305. The SMILES string of the molecule is COc1cc(C=CC(=O)N2CCN(CC(C)C)CC2)cc(OC)c1OC. The molecule has 0 radical (unpaired) electrons. The summed E-state index contributed by atoms with van der Waals surface area (Å²) in [7, 11) is 4.72. The number of hydrogen-bond donors (Lipinski definition) is 0. The molecule has 0 bridgehead atoms. The Balaban J connectivity index is 2.02. The lowest BCUT2D eigenvalue weighted by molar-refractivity contribution is -0.127. The van der Waals surface area contributed by atoms with Gasteiger partial charge >= 0.3 is 0 Å². The zero-order chi connectivity index (χ0) is 19.1. The molecule has 1 amide bonds. The van der Waals surface area contributed by atoms with E-state index in [-0.39, 0.29) is 5.91 Å². The lowest BCUT2D eigenvalue weighted by Gasteiger charge is -2.35. The van der Waals surface area contributed by atoms with Crippen LogP contribution in [0.4, 0.5) is 0 Å². The van der Waals surface area contributed by atoms with E-state index < -0.39 is 0 Å². The lowest BCUT2D eigenvalue weighted by Crippen LogP contribution is -2.49. The number of rotatable bonds is 7. The Morgan fingerprint density at radius 1 is 1.04 bits per heavy atom. The molecule has 1 aromatic rings. The van der Waals surface area contributed by atoms with Crippen molar-refractivity contribution in [1.82, 2.24) is 9.80 Å². The fourth-order valence-corrected chi connectivity index (χ4v) is 3.14. The van der Waals surface area contributed by atoms with Gasteiger partial charge in [-0.3, -0.25) is 9.69 Å². The molecular weight excluding hydrogens is 332 g/mol. The Kier molecular flexibility index (Phi) is 7.33. The van der Waals surface area contributed by atoms with Gasteiger partial charge in [-0.25, -0.2) is 0 Å². The quantitative estimate of drug-likeness (QED) is 0.698. The first kappa shape index (κ1) is 20.1. The first-order chi connectivity index (χ1) is 12.5. The van der Waals surface area contributed by atoms with Crippen molar-refractivity contribution in [3.05, 3.63) is 23.8 Å². The molecule has 1 fully saturated rings. The van der Waals surface area contributed by atoms with Crippen molar-refractivity contribution in [3.8, 4) is 17.2 Å². The van der Waals surface area contributed by atoms with Gasteiger partial charge < -0.3 is 19.1 Å². The molecule has 6 nitrogen and oxygen atoms in total. The lowest BCUT2D eigenvalue weighted by atomic mass is 10.1. The number of carbonyl (C=O) groups excluding carboxylic acids is 1. The van der Waals surface area contributed by atoms with E-state index in [1.807, 2.05) is 17.0 Å². The van der Waals surface area contributed by atoms with Gasteiger partial charge in [-0.05, 0) is 29.7 Å². The second-order valence-electron chi connectivity index (χ2n) is 6.81. The van der Waals surface area contributed by atoms with E-state index in [9.17, 15) is 4.79 Å². The third-order valence-corrected chi connectivity index (χ3v) is 4.41. The Hall–Kier alpha value is -2.21. The molecule has 0 aliphatic carbocycles. The molecule has 26 heavy (non-hydrogen) atoms. The molecule has 0 unspecified atom stereocenters.